The van der Waals surface area contributed by atoms with E-state index in [2.05, 4.69) is 10.6 Å². The zero-order valence-electron chi connectivity index (χ0n) is 16.6. The van der Waals surface area contributed by atoms with Crippen LogP contribution < -0.4 is 15.4 Å². The lowest BCUT2D eigenvalue weighted by Gasteiger charge is -2.15. The molecule has 2 amide bonds. The van der Waals surface area contributed by atoms with E-state index in [9.17, 15) is 19.7 Å². The molecular weight excluding hydrogens is 386 g/mol. The molecule has 0 radical (unpaired) electrons. The number of carbonyl (C=O) groups is 2. The molecule has 156 valence electrons. The molecule has 0 spiro atoms. The summed E-state index contributed by atoms with van der Waals surface area (Å²) in [7, 11) is 1.53. The molecule has 0 saturated heterocycles. The molecule has 0 aromatic heterocycles. The van der Waals surface area contributed by atoms with Crippen molar-refractivity contribution in [1.82, 2.24) is 10.6 Å². The molecule has 0 aliphatic heterocycles. The summed E-state index contributed by atoms with van der Waals surface area (Å²) in [6.07, 6.45) is 5.50. The van der Waals surface area contributed by atoms with Crippen molar-refractivity contribution in [3.8, 4) is 5.75 Å². The molecule has 30 heavy (non-hydrogen) atoms. The van der Waals surface area contributed by atoms with Gasteiger partial charge in [-0.25, -0.2) is 0 Å². The van der Waals surface area contributed by atoms with Gasteiger partial charge in [-0.3, -0.25) is 19.7 Å². The standard InChI is InChI=1S/C22H23N3O5/c1-30-20-9-5-2-6-16(20)14-19(22(27)23-17-7-3-4-8-17)24-21(26)15-10-12-18(13-11-15)25(28)29/h2,5-6,9-14,17H,3-4,7-8H2,1H3,(H,23,27)(H,24,26)/b19-14-. The normalized spacial score (nSPS) is 14.2. The third-order valence-corrected chi connectivity index (χ3v) is 4.96. The highest BCUT2D eigenvalue weighted by Gasteiger charge is 2.21. The first-order valence-corrected chi connectivity index (χ1v) is 9.69. The van der Waals surface area contributed by atoms with Crippen LogP contribution in [0.15, 0.2) is 54.2 Å². The number of ether oxygens (including phenoxy) is 1. The number of nitrogens with zero attached hydrogens (tertiary/aromatic N) is 1. The van der Waals surface area contributed by atoms with Crippen LogP contribution in [-0.4, -0.2) is 29.9 Å². The van der Waals surface area contributed by atoms with Crippen molar-refractivity contribution in [1.29, 1.82) is 0 Å². The molecule has 2 aromatic carbocycles. The number of para-hydroxylation sites is 1. The van der Waals surface area contributed by atoms with Gasteiger partial charge in [0, 0.05) is 29.3 Å². The van der Waals surface area contributed by atoms with Gasteiger partial charge < -0.3 is 15.4 Å². The van der Waals surface area contributed by atoms with Gasteiger partial charge in [-0.2, -0.15) is 0 Å². The third kappa shape index (κ3) is 5.22. The highest BCUT2D eigenvalue weighted by molar-refractivity contribution is 6.05. The highest BCUT2D eigenvalue weighted by Crippen LogP contribution is 2.22. The first kappa shape index (κ1) is 21.0. The summed E-state index contributed by atoms with van der Waals surface area (Å²) in [5.74, 6) is -0.357. The van der Waals surface area contributed by atoms with Crippen LogP contribution in [-0.2, 0) is 4.79 Å². The van der Waals surface area contributed by atoms with Crippen LogP contribution in [0.2, 0.25) is 0 Å². The van der Waals surface area contributed by atoms with Gasteiger partial charge in [0.15, 0.2) is 0 Å². The maximum Gasteiger partial charge on any atom is 0.269 e. The van der Waals surface area contributed by atoms with Crippen molar-refractivity contribution in [2.45, 2.75) is 31.7 Å². The predicted molar refractivity (Wildman–Crippen MR) is 112 cm³/mol. The van der Waals surface area contributed by atoms with E-state index in [4.69, 9.17) is 4.74 Å². The number of nitro groups is 1. The van der Waals surface area contributed by atoms with Crippen LogP contribution in [0.1, 0.15) is 41.6 Å². The van der Waals surface area contributed by atoms with E-state index in [0.29, 0.717) is 11.3 Å². The number of nitro benzene ring substituents is 1. The average Bonchev–Trinajstić information content (AvgIpc) is 3.26. The maximum atomic E-state index is 12.9. The van der Waals surface area contributed by atoms with Crippen molar-refractivity contribution >= 4 is 23.6 Å². The molecule has 1 aliphatic rings. The van der Waals surface area contributed by atoms with E-state index >= 15 is 0 Å². The summed E-state index contributed by atoms with van der Waals surface area (Å²) in [6.45, 7) is 0. The summed E-state index contributed by atoms with van der Waals surface area (Å²) in [5.41, 5.74) is 0.811. The number of methoxy groups -OCH3 is 1. The Bertz CT molecular complexity index is 963. The second-order valence-corrected chi connectivity index (χ2v) is 7.01. The number of rotatable bonds is 7. The first-order valence-electron chi connectivity index (χ1n) is 9.69. The molecule has 0 heterocycles. The molecule has 3 rings (SSSR count). The molecule has 0 bridgehead atoms. The molecule has 0 unspecified atom stereocenters. The topological polar surface area (TPSA) is 111 Å². The highest BCUT2D eigenvalue weighted by atomic mass is 16.6. The van der Waals surface area contributed by atoms with Crippen LogP contribution in [0.4, 0.5) is 5.69 Å². The van der Waals surface area contributed by atoms with Gasteiger partial charge >= 0.3 is 0 Å². The first-order chi connectivity index (χ1) is 14.5. The zero-order valence-corrected chi connectivity index (χ0v) is 16.6. The van der Waals surface area contributed by atoms with Crippen molar-refractivity contribution < 1.29 is 19.2 Å². The van der Waals surface area contributed by atoms with Crippen LogP contribution in [0.3, 0.4) is 0 Å². The fourth-order valence-electron chi connectivity index (χ4n) is 3.36. The number of benzene rings is 2. The van der Waals surface area contributed by atoms with Crippen molar-refractivity contribution in [2.24, 2.45) is 0 Å². The van der Waals surface area contributed by atoms with Crippen LogP contribution in [0.25, 0.3) is 6.08 Å². The van der Waals surface area contributed by atoms with Crippen LogP contribution >= 0.6 is 0 Å². The van der Waals surface area contributed by atoms with Crippen molar-refractivity contribution in [3.05, 3.63) is 75.5 Å². The minimum atomic E-state index is -0.538. The zero-order chi connectivity index (χ0) is 21.5. The number of hydrogen-bond donors (Lipinski definition) is 2. The monoisotopic (exact) mass is 409 g/mol. The van der Waals surface area contributed by atoms with Gasteiger partial charge in [-0.15, -0.1) is 0 Å². The summed E-state index contributed by atoms with van der Waals surface area (Å²) in [5, 5.41) is 16.4. The van der Waals surface area contributed by atoms with Crippen molar-refractivity contribution in [3.63, 3.8) is 0 Å². The SMILES string of the molecule is COc1ccccc1/C=C(\NC(=O)c1ccc([N+](=O)[O-])cc1)C(=O)NC1CCCC1. The Morgan fingerprint density at radius 2 is 1.77 bits per heavy atom. The summed E-state index contributed by atoms with van der Waals surface area (Å²) < 4.78 is 5.33. The predicted octanol–water partition coefficient (Wildman–Crippen LogP) is 3.43. The van der Waals surface area contributed by atoms with E-state index in [-0.39, 0.29) is 28.9 Å². The maximum absolute atomic E-state index is 12.9. The Morgan fingerprint density at radius 1 is 1.10 bits per heavy atom. The number of carbonyl (C=O) groups excluding carboxylic acids is 2. The quantitative estimate of drug-likeness (QED) is 0.413. The van der Waals surface area contributed by atoms with Gasteiger partial charge in [-0.05, 0) is 37.1 Å². The van der Waals surface area contributed by atoms with Gasteiger partial charge in [0.05, 0.1) is 12.0 Å². The van der Waals surface area contributed by atoms with Gasteiger partial charge in [0.25, 0.3) is 17.5 Å². The second-order valence-electron chi connectivity index (χ2n) is 7.01. The molecule has 8 heteroatoms. The molecule has 2 N–H and O–H groups in total. The van der Waals surface area contributed by atoms with E-state index in [1.165, 1.54) is 31.4 Å². The van der Waals surface area contributed by atoms with Crippen LogP contribution in [0, 0.1) is 10.1 Å². The van der Waals surface area contributed by atoms with Crippen molar-refractivity contribution in [2.75, 3.05) is 7.11 Å². The number of nitrogens with one attached hydrogen (secondary N) is 2. The Kier molecular flexibility index (Phi) is 6.79. The molecule has 1 aliphatic carbocycles. The summed E-state index contributed by atoms with van der Waals surface area (Å²) in [4.78, 5) is 35.8. The number of non-ortho nitro benzene ring substituents is 1. The van der Waals surface area contributed by atoms with E-state index in [0.717, 1.165) is 25.7 Å². The minimum Gasteiger partial charge on any atom is -0.496 e. The van der Waals surface area contributed by atoms with Crippen LogP contribution in [0.5, 0.6) is 5.75 Å². The molecule has 2 aromatic rings. The molecule has 1 saturated carbocycles. The third-order valence-electron chi connectivity index (χ3n) is 4.96. The smallest absolute Gasteiger partial charge is 0.269 e. The number of amides is 2. The average molecular weight is 409 g/mol. The molecule has 1 fully saturated rings. The lowest BCUT2D eigenvalue weighted by molar-refractivity contribution is -0.384. The Hall–Kier alpha value is -3.68. The van der Waals surface area contributed by atoms with E-state index < -0.39 is 10.8 Å². The summed E-state index contributed by atoms with van der Waals surface area (Å²) >= 11 is 0. The Labute approximate surface area is 174 Å². The molecular formula is C22H23N3O5. The largest absolute Gasteiger partial charge is 0.496 e. The lowest BCUT2D eigenvalue weighted by atomic mass is 10.1. The van der Waals surface area contributed by atoms with E-state index in [1.807, 2.05) is 6.07 Å². The number of hydrogen-bond acceptors (Lipinski definition) is 5. The van der Waals surface area contributed by atoms with Gasteiger partial charge in [0.2, 0.25) is 0 Å². The molecule has 8 nitrogen and oxygen atoms in total. The van der Waals surface area contributed by atoms with E-state index in [1.54, 1.807) is 24.3 Å². The fraction of sp³-hybridized carbons (Fsp3) is 0.273. The van der Waals surface area contributed by atoms with Gasteiger partial charge in [0.1, 0.15) is 11.4 Å². The second kappa shape index (κ2) is 9.69. The minimum absolute atomic E-state index is 0.0785. The Morgan fingerprint density at radius 3 is 2.40 bits per heavy atom. The fourth-order valence-corrected chi connectivity index (χ4v) is 3.36. The lowest BCUT2D eigenvalue weighted by Crippen LogP contribution is -2.39. The van der Waals surface area contributed by atoms with Gasteiger partial charge in [-0.1, -0.05) is 31.0 Å². The Balaban J connectivity index is 1.86. The molecule has 0 atom stereocenters. The summed E-state index contributed by atoms with van der Waals surface area (Å²) in [6, 6.07) is 12.4.